The Morgan fingerprint density at radius 3 is 2.64 bits per heavy atom. The first kappa shape index (κ1) is 13.9. The molecule has 0 fully saturated rings. The van der Waals surface area contributed by atoms with E-state index >= 15 is 0 Å². The first-order chi connectivity index (χ1) is 6.08. The maximum atomic E-state index is 5.42. The van der Waals surface area contributed by atoms with Crippen molar-refractivity contribution in [3.8, 4) is 0 Å². The number of ether oxygens (including phenoxy) is 1. The minimum atomic E-state index is -0.960. The van der Waals surface area contributed by atoms with Gasteiger partial charge in [-0.15, -0.1) is 11.4 Å². The number of rotatable bonds is 5. The molecule has 4 nitrogen and oxygen atoms in total. The fourth-order valence-corrected chi connectivity index (χ4v) is 1.56. The zero-order valence-corrected chi connectivity index (χ0v) is 10.4. The molecule has 0 aliphatic carbocycles. The van der Waals surface area contributed by atoms with Crippen LogP contribution in [0.25, 0.3) is 0 Å². The van der Waals surface area contributed by atoms with E-state index in [0.717, 1.165) is 6.61 Å². The SMILES string of the molecule is C[Si](C)(C)CCOCn1[c-]cnn1.[Li+]. The molecule has 0 aliphatic heterocycles. The van der Waals surface area contributed by atoms with Gasteiger partial charge in [-0.25, -0.2) is 0 Å². The van der Waals surface area contributed by atoms with Crippen molar-refractivity contribution in [1.82, 2.24) is 15.0 Å². The van der Waals surface area contributed by atoms with E-state index in [1.54, 1.807) is 4.68 Å². The maximum Gasteiger partial charge on any atom is 1.00 e. The molecule has 14 heavy (non-hydrogen) atoms. The van der Waals surface area contributed by atoms with Crippen molar-refractivity contribution in [1.29, 1.82) is 0 Å². The van der Waals surface area contributed by atoms with Gasteiger partial charge in [-0.3, -0.25) is 0 Å². The number of hydrogen-bond donors (Lipinski definition) is 0. The molecule has 0 saturated heterocycles. The normalized spacial score (nSPS) is 11.1. The molecule has 0 aliphatic rings. The van der Waals surface area contributed by atoms with Gasteiger partial charge >= 0.3 is 18.9 Å². The van der Waals surface area contributed by atoms with Crippen LogP contribution in [0.5, 0.6) is 0 Å². The largest absolute Gasteiger partial charge is 1.00 e. The van der Waals surface area contributed by atoms with Crippen molar-refractivity contribution < 1.29 is 23.6 Å². The standard InChI is InChI=1S/C8H16N3OSi.Li/c1-13(2,3)7-6-12-8-11-5-4-9-10-11;/h4H,6-8H2,1-3H3;/q-1;+1. The Hall–Kier alpha value is -0.0857. The van der Waals surface area contributed by atoms with Gasteiger partial charge < -0.3 is 15.6 Å². The molecule has 0 aromatic carbocycles. The summed E-state index contributed by atoms with van der Waals surface area (Å²) in [6.07, 6.45) is 4.35. The second kappa shape index (κ2) is 6.41. The first-order valence-electron chi connectivity index (χ1n) is 4.42. The van der Waals surface area contributed by atoms with E-state index in [2.05, 4.69) is 36.1 Å². The van der Waals surface area contributed by atoms with Gasteiger partial charge in [-0.05, 0) is 6.04 Å². The van der Waals surface area contributed by atoms with Crippen LogP contribution in [0.4, 0.5) is 0 Å². The summed E-state index contributed by atoms with van der Waals surface area (Å²) >= 11 is 0. The molecule has 0 atom stereocenters. The van der Waals surface area contributed by atoms with Crippen LogP contribution >= 0.6 is 0 Å². The average Bonchev–Trinajstić information content (AvgIpc) is 2.48. The minimum Gasteiger partial charge on any atom is -0.405 e. The zero-order chi connectivity index (χ0) is 9.73. The Bertz CT molecular complexity index is 235. The van der Waals surface area contributed by atoms with Crippen LogP contribution in [0.2, 0.25) is 25.7 Å². The van der Waals surface area contributed by atoms with Gasteiger partial charge in [0.25, 0.3) is 0 Å². The predicted octanol–water partition coefficient (Wildman–Crippen LogP) is -1.61. The van der Waals surface area contributed by atoms with Crippen LogP contribution in [0, 0.1) is 6.20 Å². The van der Waals surface area contributed by atoms with E-state index in [9.17, 15) is 0 Å². The first-order valence-corrected chi connectivity index (χ1v) is 8.12. The molecular formula is C8H16LiN3OSi. The third-order valence-electron chi connectivity index (χ3n) is 1.63. The van der Waals surface area contributed by atoms with E-state index in [0.29, 0.717) is 6.73 Å². The van der Waals surface area contributed by atoms with E-state index in [1.807, 2.05) is 0 Å². The second-order valence-electron chi connectivity index (χ2n) is 4.21. The second-order valence-corrected chi connectivity index (χ2v) is 9.83. The minimum absolute atomic E-state index is 0. The molecule has 1 aromatic rings. The third-order valence-corrected chi connectivity index (χ3v) is 3.34. The summed E-state index contributed by atoms with van der Waals surface area (Å²) < 4.78 is 6.98. The van der Waals surface area contributed by atoms with Crippen molar-refractivity contribution in [2.24, 2.45) is 0 Å². The Labute approximate surface area is 98.2 Å². The van der Waals surface area contributed by atoms with Crippen LogP contribution in [-0.2, 0) is 11.5 Å². The number of aromatic nitrogens is 3. The Balaban J connectivity index is 0.00000169. The Morgan fingerprint density at radius 1 is 1.43 bits per heavy atom. The number of hydrogen-bond acceptors (Lipinski definition) is 3. The molecule has 1 heterocycles. The summed E-state index contributed by atoms with van der Waals surface area (Å²) in [6.45, 7) is 8.27. The van der Waals surface area contributed by atoms with Crippen molar-refractivity contribution in [2.75, 3.05) is 6.61 Å². The van der Waals surface area contributed by atoms with Gasteiger partial charge in [0.2, 0.25) is 0 Å². The molecule has 74 valence electrons. The average molecular weight is 205 g/mol. The summed E-state index contributed by atoms with van der Waals surface area (Å²) in [6, 6.07) is 1.18. The third kappa shape index (κ3) is 6.38. The zero-order valence-electron chi connectivity index (χ0n) is 9.45. The van der Waals surface area contributed by atoms with E-state index in [-0.39, 0.29) is 18.9 Å². The molecule has 0 unspecified atom stereocenters. The molecule has 1 aromatic heterocycles. The molecule has 1 rings (SSSR count). The van der Waals surface area contributed by atoms with Crippen LogP contribution < -0.4 is 18.9 Å². The van der Waals surface area contributed by atoms with Gasteiger partial charge in [0.05, 0.1) is 0 Å². The van der Waals surface area contributed by atoms with Gasteiger partial charge in [-0.1, -0.05) is 19.6 Å². The van der Waals surface area contributed by atoms with Crippen LogP contribution in [0.1, 0.15) is 0 Å². The Morgan fingerprint density at radius 2 is 2.14 bits per heavy atom. The smallest absolute Gasteiger partial charge is 0.405 e. The molecule has 0 saturated carbocycles. The molecule has 0 N–H and O–H groups in total. The van der Waals surface area contributed by atoms with Gasteiger partial charge in [0.1, 0.15) is 6.73 Å². The molecule has 0 amide bonds. The monoisotopic (exact) mass is 205 g/mol. The van der Waals surface area contributed by atoms with E-state index < -0.39 is 8.07 Å². The van der Waals surface area contributed by atoms with Crippen LogP contribution in [-0.4, -0.2) is 29.7 Å². The van der Waals surface area contributed by atoms with Gasteiger partial charge in [0, 0.05) is 14.7 Å². The van der Waals surface area contributed by atoms with Crippen LogP contribution in [0.3, 0.4) is 0 Å². The number of nitrogens with zero attached hydrogens (tertiary/aromatic N) is 3. The fourth-order valence-electron chi connectivity index (χ4n) is 0.799. The molecule has 0 spiro atoms. The van der Waals surface area contributed by atoms with Crippen molar-refractivity contribution >= 4 is 8.07 Å². The maximum absolute atomic E-state index is 5.42. The summed E-state index contributed by atoms with van der Waals surface area (Å²) in [7, 11) is -0.960. The van der Waals surface area contributed by atoms with Gasteiger partial charge in [-0.2, -0.15) is 5.10 Å². The van der Waals surface area contributed by atoms with Crippen molar-refractivity contribution in [3.63, 3.8) is 0 Å². The van der Waals surface area contributed by atoms with Crippen molar-refractivity contribution in [3.05, 3.63) is 12.4 Å². The van der Waals surface area contributed by atoms with Crippen molar-refractivity contribution in [2.45, 2.75) is 32.4 Å². The predicted molar refractivity (Wildman–Crippen MR) is 53.0 cm³/mol. The molecule has 0 radical (unpaired) electrons. The quantitative estimate of drug-likeness (QED) is 0.330. The van der Waals surface area contributed by atoms with E-state index in [1.165, 1.54) is 12.2 Å². The molecule has 6 heteroatoms. The van der Waals surface area contributed by atoms with Gasteiger partial charge in [0.15, 0.2) is 0 Å². The molecule has 0 bridgehead atoms. The summed E-state index contributed by atoms with van der Waals surface area (Å²) in [5.41, 5.74) is 0. The summed E-state index contributed by atoms with van der Waals surface area (Å²) in [5.74, 6) is 0. The summed E-state index contributed by atoms with van der Waals surface area (Å²) in [4.78, 5) is 0. The molecular weight excluding hydrogens is 189 g/mol. The van der Waals surface area contributed by atoms with E-state index in [4.69, 9.17) is 4.74 Å². The Kier molecular flexibility index (Phi) is 6.37. The topological polar surface area (TPSA) is 39.9 Å². The summed E-state index contributed by atoms with van der Waals surface area (Å²) in [5, 5.41) is 7.38. The fraction of sp³-hybridized carbons (Fsp3) is 0.750. The van der Waals surface area contributed by atoms with Crippen LogP contribution in [0.15, 0.2) is 6.20 Å².